The fraction of sp³-hybridized carbons (Fsp3) is 0.174. The maximum Gasteiger partial charge on any atom is 0.319 e. The Kier molecular flexibility index (Phi) is 5.61. The molecule has 2 amide bonds. The minimum Gasteiger partial charge on any atom is -0.454 e. The molecule has 3 aromatic rings. The van der Waals surface area contributed by atoms with Gasteiger partial charge in [-0.2, -0.15) is 0 Å². The van der Waals surface area contributed by atoms with Crippen molar-refractivity contribution in [1.29, 1.82) is 0 Å². The molecular formula is C23H21FN2O3. The second-order valence-electron chi connectivity index (χ2n) is 6.88. The highest BCUT2D eigenvalue weighted by molar-refractivity contribution is 5.89. The van der Waals surface area contributed by atoms with Gasteiger partial charge in [-0.25, -0.2) is 9.18 Å². The number of para-hydroxylation sites is 1. The van der Waals surface area contributed by atoms with Crippen molar-refractivity contribution in [3.05, 3.63) is 89.7 Å². The van der Waals surface area contributed by atoms with E-state index in [2.05, 4.69) is 10.6 Å². The Hall–Kier alpha value is -3.54. The third-order valence-electron chi connectivity index (χ3n) is 4.68. The van der Waals surface area contributed by atoms with Gasteiger partial charge in [-0.3, -0.25) is 0 Å². The van der Waals surface area contributed by atoms with E-state index in [1.165, 1.54) is 12.1 Å². The van der Waals surface area contributed by atoms with Crippen molar-refractivity contribution < 1.29 is 18.7 Å². The molecule has 0 aliphatic carbocycles. The fourth-order valence-corrected chi connectivity index (χ4v) is 3.31. The fourth-order valence-electron chi connectivity index (χ4n) is 3.31. The third kappa shape index (κ3) is 5.04. The molecule has 1 aliphatic rings. The Morgan fingerprint density at radius 1 is 0.897 bits per heavy atom. The Bertz CT molecular complexity index is 977. The van der Waals surface area contributed by atoms with Gasteiger partial charge in [0.1, 0.15) is 5.82 Å². The van der Waals surface area contributed by atoms with Gasteiger partial charge >= 0.3 is 6.03 Å². The van der Waals surface area contributed by atoms with E-state index in [0.29, 0.717) is 24.3 Å². The average molecular weight is 392 g/mol. The summed E-state index contributed by atoms with van der Waals surface area (Å²) in [6.07, 6.45) is 1.16. The van der Waals surface area contributed by atoms with Crippen molar-refractivity contribution in [2.24, 2.45) is 0 Å². The first-order valence-corrected chi connectivity index (χ1v) is 9.41. The predicted molar refractivity (Wildman–Crippen MR) is 109 cm³/mol. The van der Waals surface area contributed by atoms with E-state index in [9.17, 15) is 9.18 Å². The molecule has 29 heavy (non-hydrogen) atoms. The summed E-state index contributed by atoms with van der Waals surface area (Å²) in [6.45, 7) is 0.218. The lowest BCUT2D eigenvalue weighted by Crippen LogP contribution is -2.40. The van der Waals surface area contributed by atoms with Crippen LogP contribution in [0.2, 0.25) is 0 Å². The molecule has 0 saturated heterocycles. The molecule has 4 rings (SSSR count). The molecule has 6 heteroatoms. The number of hydrogen-bond acceptors (Lipinski definition) is 3. The zero-order valence-corrected chi connectivity index (χ0v) is 15.7. The van der Waals surface area contributed by atoms with E-state index in [4.69, 9.17) is 9.47 Å². The third-order valence-corrected chi connectivity index (χ3v) is 4.68. The van der Waals surface area contributed by atoms with Crippen LogP contribution < -0.4 is 20.1 Å². The molecule has 0 saturated carbocycles. The lowest BCUT2D eigenvalue weighted by molar-refractivity contribution is 0.174. The van der Waals surface area contributed by atoms with E-state index >= 15 is 0 Å². The molecule has 0 aromatic heterocycles. The minimum atomic E-state index is -0.288. The van der Waals surface area contributed by atoms with Gasteiger partial charge in [-0.15, -0.1) is 0 Å². The van der Waals surface area contributed by atoms with Gasteiger partial charge < -0.3 is 20.1 Å². The summed E-state index contributed by atoms with van der Waals surface area (Å²) >= 11 is 0. The van der Waals surface area contributed by atoms with Gasteiger partial charge in [0.15, 0.2) is 11.5 Å². The molecule has 1 unspecified atom stereocenters. The zero-order chi connectivity index (χ0) is 20.1. The molecule has 0 radical (unpaired) electrons. The Balaban J connectivity index is 1.48. The molecule has 3 aromatic carbocycles. The first-order valence-electron chi connectivity index (χ1n) is 9.41. The van der Waals surface area contributed by atoms with E-state index in [-0.39, 0.29) is 24.7 Å². The summed E-state index contributed by atoms with van der Waals surface area (Å²) in [5.74, 6) is 1.14. The number of urea groups is 1. The van der Waals surface area contributed by atoms with Crippen molar-refractivity contribution in [1.82, 2.24) is 5.32 Å². The van der Waals surface area contributed by atoms with Crippen LogP contribution in [0.25, 0.3) is 0 Å². The standard InChI is InChI=1S/C23H21FN2O3/c24-18-9-6-16(7-10-18)12-20(26-23(27)25-19-4-2-1-3-5-19)13-17-8-11-21-22(14-17)29-15-28-21/h1-11,14,20H,12-13,15H2,(H2,25,26,27). The first kappa shape index (κ1) is 18.8. The molecule has 1 heterocycles. The molecule has 0 bridgehead atoms. The zero-order valence-electron chi connectivity index (χ0n) is 15.7. The molecule has 1 aliphatic heterocycles. The van der Waals surface area contributed by atoms with Gasteiger partial charge in [0, 0.05) is 11.7 Å². The van der Waals surface area contributed by atoms with E-state index < -0.39 is 0 Å². The Morgan fingerprint density at radius 2 is 1.59 bits per heavy atom. The highest BCUT2D eigenvalue weighted by Crippen LogP contribution is 2.32. The van der Waals surface area contributed by atoms with Crippen molar-refractivity contribution in [2.75, 3.05) is 12.1 Å². The van der Waals surface area contributed by atoms with Crippen LogP contribution in [0.3, 0.4) is 0 Å². The van der Waals surface area contributed by atoms with Gasteiger partial charge in [0.25, 0.3) is 0 Å². The number of ether oxygens (including phenoxy) is 2. The summed E-state index contributed by atoms with van der Waals surface area (Å²) in [7, 11) is 0. The highest BCUT2D eigenvalue weighted by Gasteiger charge is 2.18. The lowest BCUT2D eigenvalue weighted by Gasteiger charge is -2.20. The van der Waals surface area contributed by atoms with Crippen LogP contribution in [-0.4, -0.2) is 18.9 Å². The molecule has 5 nitrogen and oxygen atoms in total. The van der Waals surface area contributed by atoms with E-state index in [1.54, 1.807) is 12.1 Å². The highest BCUT2D eigenvalue weighted by atomic mass is 19.1. The number of hydrogen-bond donors (Lipinski definition) is 2. The first-order chi connectivity index (χ1) is 14.2. The predicted octanol–water partition coefficient (Wildman–Crippen LogP) is 4.53. The van der Waals surface area contributed by atoms with Crippen molar-refractivity contribution in [2.45, 2.75) is 18.9 Å². The maximum absolute atomic E-state index is 13.2. The van der Waals surface area contributed by atoms with Crippen LogP contribution in [0.4, 0.5) is 14.9 Å². The monoisotopic (exact) mass is 392 g/mol. The summed E-state index contributed by atoms with van der Waals surface area (Å²) in [5, 5.41) is 5.87. The summed E-state index contributed by atoms with van der Waals surface area (Å²) in [6, 6.07) is 20.9. The molecule has 148 valence electrons. The van der Waals surface area contributed by atoms with E-state index in [0.717, 1.165) is 16.9 Å². The van der Waals surface area contributed by atoms with Crippen LogP contribution in [0, 0.1) is 5.82 Å². The SMILES string of the molecule is O=C(Nc1ccccc1)NC(Cc1ccc(F)cc1)Cc1ccc2c(c1)OCO2. The second-order valence-corrected chi connectivity index (χ2v) is 6.88. The normalized spacial score (nSPS) is 13.0. The molecule has 2 N–H and O–H groups in total. The Labute approximate surface area is 168 Å². The van der Waals surface area contributed by atoms with Gasteiger partial charge in [0.05, 0.1) is 0 Å². The Morgan fingerprint density at radius 3 is 2.38 bits per heavy atom. The molecular weight excluding hydrogens is 371 g/mol. The van der Waals surface area contributed by atoms with Gasteiger partial charge in [0.2, 0.25) is 6.79 Å². The number of benzene rings is 3. The van der Waals surface area contributed by atoms with Gasteiger partial charge in [-0.1, -0.05) is 36.4 Å². The summed E-state index contributed by atoms with van der Waals surface area (Å²) in [5.41, 5.74) is 2.67. The molecule has 0 spiro atoms. The smallest absolute Gasteiger partial charge is 0.319 e. The van der Waals surface area contributed by atoms with Crippen LogP contribution in [-0.2, 0) is 12.8 Å². The number of fused-ring (bicyclic) bond motifs is 1. The summed E-state index contributed by atoms with van der Waals surface area (Å²) in [4.78, 5) is 12.5. The summed E-state index contributed by atoms with van der Waals surface area (Å²) < 4.78 is 24.1. The van der Waals surface area contributed by atoms with E-state index in [1.807, 2.05) is 48.5 Å². The number of nitrogens with one attached hydrogen (secondary N) is 2. The van der Waals surface area contributed by atoms with Crippen molar-refractivity contribution in [3.8, 4) is 11.5 Å². The number of halogens is 1. The molecule has 1 atom stereocenters. The van der Waals surface area contributed by atoms with Crippen LogP contribution in [0.1, 0.15) is 11.1 Å². The van der Waals surface area contributed by atoms with Crippen LogP contribution >= 0.6 is 0 Å². The minimum absolute atomic E-state index is 0.190. The topological polar surface area (TPSA) is 59.6 Å². The number of anilines is 1. The maximum atomic E-state index is 13.2. The van der Waals surface area contributed by atoms with Gasteiger partial charge in [-0.05, 0) is 60.4 Å². The van der Waals surface area contributed by atoms with Crippen LogP contribution in [0.15, 0.2) is 72.8 Å². The number of carbonyl (C=O) groups is 1. The second kappa shape index (κ2) is 8.65. The largest absolute Gasteiger partial charge is 0.454 e. The lowest BCUT2D eigenvalue weighted by atomic mass is 9.98. The number of rotatable bonds is 6. The quantitative estimate of drug-likeness (QED) is 0.648. The number of carbonyl (C=O) groups excluding carboxylic acids is 1. The van der Waals surface area contributed by atoms with Crippen LogP contribution in [0.5, 0.6) is 11.5 Å². The van der Waals surface area contributed by atoms with Crippen molar-refractivity contribution >= 4 is 11.7 Å². The van der Waals surface area contributed by atoms with Crippen molar-refractivity contribution in [3.63, 3.8) is 0 Å². The average Bonchev–Trinajstić information content (AvgIpc) is 3.18. The molecule has 0 fully saturated rings. The number of amides is 2.